The van der Waals surface area contributed by atoms with Gasteiger partial charge < -0.3 is 15.0 Å². The first-order valence-corrected chi connectivity index (χ1v) is 9.77. The highest BCUT2D eigenvalue weighted by Gasteiger charge is 2.38. The van der Waals surface area contributed by atoms with Gasteiger partial charge in [-0.1, -0.05) is 30.3 Å². The molecular formula is C21H22N4O3. The molecule has 0 spiro atoms. The van der Waals surface area contributed by atoms with Gasteiger partial charge in [-0.2, -0.15) is 4.98 Å². The van der Waals surface area contributed by atoms with Gasteiger partial charge in [0.25, 0.3) is 5.56 Å². The second-order valence-electron chi connectivity index (χ2n) is 7.39. The largest absolute Gasteiger partial charge is 0.378 e. The quantitative estimate of drug-likeness (QED) is 0.833. The van der Waals surface area contributed by atoms with Gasteiger partial charge in [-0.25, -0.2) is 0 Å². The van der Waals surface area contributed by atoms with Crippen LogP contribution >= 0.6 is 0 Å². The fourth-order valence-electron chi connectivity index (χ4n) is 4.35. The van der Waals surface area contributed by atoms with Crippen LogP contribution in [0.2, 0.25) is 0 Å². The second kappa shape index (κ2) is 6.91. The fraction of sp³-hybridized carbons (Fsp3) is 0.381. The molecule has 3 aliphatic rings. The number of ketones is 1. The minimum atomic E-state index is -0.379. The van der Waals surface area contributed by atoms with Crippen molar-refractivity contribution in [2.24, 2.45) is 0 Å². The molecule has 0 bridgehead atoms. The Kier molecular flexibility index (Phi) is 4.24. The third kappa shape index (κ3) is 2.82. The minimum absolute atomic E-state index is 0.116. The number of morpholine rings is 1. The van der Waals surface area contributed by atoms with Crippen molar-refractivity contribution in [1.82, 2.24) is 9.97 Å². The van der Waals surface area contributed by atoms with E-state index in [9.17, 15) is 9.59 Å². The Labute approximate surface area is 162 Å². The first-order chi connectivity index (χ1) is 13.7. The van der Waals surface area contributed by atoms with Crippen molar-refractivity contribution < 1.29 is 9.53 Å². The van der Waals surface area contributed by atoms with E-state index >= 15 is 0 Å². The van der Waals surface area contributed by atoms with Crippen LogP contribution in [-0.2, 0) is 9.53 Å². The smallest absolute Gasteiger partial charge is 0.258 e. The summed E-state index contributed by atoms with van der Waals surface area (Å²) in [4.78, 5) is 35.7. The van der Waals surface area contributed by atoms with Gasteiger partial charge in [0.15, 0.2) is 5.78 Å². The van der Waals surface area contributed by atoms with E-state index in [0.29, 0.717) is 50.1 Å². The number of nitrogens with zero attached hydrogens (tertiary/aromatic N) is 2. The Bertz CT molecular complexity index is 1010. The molecule has 1 atom stereocenters. The van der Waals surface area contributed by atoms with Crippen molar-refractivity contribution in [2.75, 3.05) is 36.5 Å². The standard InChI is InChI=1S/C21H22N4O3/c26-15-8-4-7-14-17(15)16(13-5-2-1-3-6-13)18-19(22-14)23-21(24-20(18)27)25-9-11-28-12-10-25/h1-3,5-6,16H,4,7-12H2,(H2,22,23,24,27)/t16-/m1/s1. The SMILES string of the molecule is O=C1CCCC2=C1[C@@H](c1ccccc1)c1c(nc(N3CCOCC3)[nH]c1=O)N2. The Balaban J connectivity index is 1.67. The maximum absolute atomic E-state index is 13.2. The molecule has 1 fully saturated rings. The lowest BCUT2D eigenvalue weighted by Gasteiger charge is -2.34. The molecule has 2 N–H and O–H groups in total. The average Bonchev–Trinajstić information content (AvgIpc) is 2.73. The zero-order valence-corrected chi connectivity index (χ0v) is 15.5. The highest BCUT2D eigenvalue weighted by Crippen LogP contribution is 2.43. The molecular weight excluding hydrogens is 356 g/mol. The highest BCUT2D eigenvalue weighted by molar-refractivity contribution is 6.00. The number of rotatable bonds is 2. The summed E-state index contributed by atoms with van der Waals surface area (Å²) < 4.78 is 5.40. The van der Waals surface area contributed by atoms with Crippen LogP contribution in [-0.4, -0.2) is 42.1 Å². The first-order valence-electron chi connectivity index (χ1n) is 9.77. The summed E-state index contributed by atoms with van der Waals surface area (Å²) in [5.74, 6) is 0.852. The van der Waals surface area contributed by atoms with Crippen molar-refractivity contribution in [2.45, 2.75) is 25.2 Å². The van der Waals surface area contributed by atoms with Crippen molar-refractivity contribution in [3.8, 4) is 0 Å². The summed E-state index contributed by atoms with van der Waals surface area (Å²) in [5.41, 5.74) is 2.90. The van der Waals surface area contributed by atoms with Gasteiger partial charge in [0, 0.05) is 36.7 Å². The minimum Gasteiger partial charge on any atom is -0.378 e. The number of carbonyl (C=O) groups is 1. The number of aromatic amines is 1. The van der Waals surface area contributed by atoms with Gasteiger partial charge in [-0.05, 0) is 18.4 Å². The number of ether oxygens (including phenoxy) is 1. The number of allylic oxidation sites excluding steroid dienone is 2. The molecule has 3 heterocycles. The van der Waals surface area contributed by atoms with E-state index in [1.807, 2.05) is 35.2 Å². The second-order valence-corrected chi connectivity index (χ2v) is 7.39. The molecule has 0 unspecified atom stereocenters. The normalized spacial score (nSPS) is 21.8. The molecule has 7 heteroatoms. The van der Waals surface area contributed by atoms with E-state index in [-0.39, 0.29) is 17.3 Å². The third-order valence-electron chi connectivity index (χ3n) is 5.69. The van der Waals surface area contributed by atoms with Gasteiger partial charge in [0.05, 0.1) is 18.8 Å². The monoisotopic (exact) mass is 378 g/mol. The van der Waals surface area contributed by atoms with Crippen molar-refractivity contribution >= 4 is 17.5 Å². The molecule has 7 nitrogen and oxygen atoms in total. The van der Waals surface area contributed by atoms with E-state index in [1.165, 1.54) is 0 Å². The van der Waals surface area contributed by atoms with Crippen LogP contribution in [0.1, 0.15) is 36.3 Å². The van der Waals surface area contributed by atoms with E-state index in [1.54, 1.807) is 0 Å². The van der Waals surface area contributed by atoms with Crippen LogP contribution in [0.5, 0.6) is 0 Å². The van der Waals surface area contributed by atoms with Crippen LogP contribution < -0.4 is 15.8 Å². The molecule has 5 rings (SSSR count). The molecule has 0 amide bonds. The van der Waals surface area contributed by atoms with Crippen molar-refractivity contribution in [3.05, 3.63) is 63.1 Å². The molecule has 2 aromatic rings. The van der Waals surface area contributed by atoms with E-state index in [2.05, 4.69) is 10.3 Å². The highest BCUT2D eigenvalue weighted by atomic mass is 16.5. The topological polar surface area (TPSA) is 87.3 Å². The van der Waals surface area contributed by atoms with Crippen LogP contribution in [0.4, 0.5) is 11.8 Å². The van der Waals surface area contributed by atoms with Crippen LogP contribution in [0, 0.1) is 0 Å². The predicted octanol–water partition coefficient (Wildman–Crippen LogP) is 2.17. The molecule has 1 saturated heterocycles. The van der Waals surface area contributed by atoms with E-state index in [4.69, 9.17) is 9.72 Å². The van der Waals surface area contributed by atoms with E-state index < -0.39 is 0 Å². The number of hydrogen-bond donors (Lipinski definition) is 2. The number of H-pyrrole nitrogens is 1. The number of aromatic nitrogens is 2. The number of carbonyl (C=O) groups excluding carboxylic acids is 1. The lowest BCUT2D eigenvalue weighted by Crippen LogP contribution is -2.40. The number of Topliss-reactive ketones (excluding diaryl/α,β-unsaturated/α-hetero) is 1. The summed E-state index contributed by atoms with van der Waals surface area (Å²) in [6.45, 7) is 2.61. The van der Waals surface area contributed by atoms with Gasteiger partial charge in [0.1, 0.15) is 5.82 Å². The van der Waals surface area contributed by atoms with Gasteiger partial charge in [-0.15, -0.1) is 0 Å². The van der Waals surface area contributed by atoms with Crippen LogP contribution in [0.25, 0.3) is 0 Å². The number of anilines is 2. The lowest BCUT2D eigenvalue weighted by molar-refractivity contribution is -0.116. The molecule has 28 heavy (non-hydrogen) atoms. The van der Waals surface area contributed by atoms with Crippen LogP contribution in [0.3, 0.4) is 0 Å². The lowest BCUT2D eigenvalue weighted by atomic mass is 9.76. The van der Waals surface area contributed by atoms with Crippen molar-refractivity contribution in [1.29, 1.82) is 0 Å². The summed E-state index contributed by atoms with van der Waals surface area (Å²) >= 11 is 0. The number of benzene rings is 1. The molecule has 2 aliphatic heterocycles. The van der Waals surface area contributed by atoms with Gasteiger partial charge in [0.2, 0.25) is 5.95 Å². The Morgan fingerprint density at radius 2 is 1.86 bits per heavy atom. The number of fused-ring (bicyclic) bond motifs is 1. The average molecular weight is 378 g/mol. The molecule has 0 radical (unpaired) electrons. The fourth-order valence-corrected chi connectivity index (χ4v) is 4.35. The maximum atomic E-state index is 13.2. The van der Waals surface area contributed by atoms with Gasteiger partial charge >= 0.3 is 0 Å². The molecule has 144 valence electrons. The zero-order valence-electron chi connectivity index (χ0n) is 15.5. The molecule has 1 aromatic heterocycles. The Hall–Kier alpha value is -2.93. The molecule has 1 aromatic carbocycles. The maximum Gasteiger partial charge on any atom is 0.258 e. The summed E-state index contributed by atoms with van der Waals surface area (Å²) in [5, 5.41) is 3.32. The summed E-state index contributed by atoms with van der Waals surface area (Å²) in [6.07, 6.45) is 2.14. The first kappa shape index (κ1) is 17.2. The molecule has 1 aliphatic carbocycles. The number of nitrogens with one attached hydrogen (secondary N) is 2. The predicted molar refractivity (Wildman–Crippen MR) is 106 cm³/mol. The van der Waals surface area contributed by atoms with Gasteiger partial charge in [-0.3, -0.25) is 14.6 Å². The van der Waals surface area contributed by atoms with E-state index in [0.717, 1.165) is 29.7 Å². The summed E-state index contributed by atoms with van der Waals surface area (Å²) in [6, 6.07) is 9.76. The van der Waals surface area contributed by atoms with Crippen molar-refractivity contribution in [3.63, 3.8) is 0 Å². The molecule has 0 saturated carbocycles. The Morgan fingerprint density at radius 1 is 1.07 bits per heavy atom. The van der Waals surface area contributed by atoms with Crippen LogP contribution in [0.15, 0.2) is 46.4 Å². The third-order valence-corrected chi connectivity index (χ3v) is 5.69. The number of hydrogen-bond acceptors (Lipinski definition) is 6. The Morgan fingerprint density at radius 3 is 2.64 bits per heavy atom. The summed E-state index contributed by atoms with van der Waals surface area (Å²) in [7, 11) is 0. The zero-order chi connectivity index (χ0) is 19.1.